The van der Waals surface area contributed by atoms with Crippen molar-refractivity contribution >= 4 is 11.8 Å². The van der Waals surface area contributed by atoms with Crippen molar-refractivity contribution in [1.82, 2.24) is 10.9 Å². The van der Waals surface area contributed by atoms with Crippen LogP contribution in [0.5, 0.6) is 5.75 Å². The summed E-state index contributed by atoms with van der Waals surface area (Å²) >= 11 is 0. The number of para-hydroxylation sites is 1. The number of nitriles is 1. The van der Waals surface area contributed by atoms with Crippen molar-refractivity contribution in [3.05, 3.63) is 65.5 Å². The number of hydrogen-bond donors (Lipinski definition) is 2. The number of ether oxygens (including phenoxy) is 1. The van der Waals surface area contributed by atoms with Crippen LogP contribution in [-0.4, -0.2) is 18.4 Å². The van der Waals surface area contributed by atoms with Gasteiger partial charge in [-0.15, -0.1) is 0 Å². The van der Waals surface area contributed by atoms with Crippen molar-refractivity contribution in [3.63, 3.8) is 0 Å². The molecule has 0 heterocycles. The lowest BCUT2D eigenvalue weighted by molar-refractivity contribution is -0.129. The highest BCUT2D eigenvalue weighted by Gasteiger charge is 2.08. The van der Waals surface area contributed by atoms with Gasteiger partial charge in [0, 0.05) is 0 Å². The molecule has 0 bridgehead atoms. The lowest BCUT2D eigenvalue weighted by Gasteiger charge is -2.09. The highest BCUT2D eigenvalue weighted by atomic mass is 19.1. The van der Waals surface area contributed by atoms with Gasteiger partial charge < -0.3 is 4.74 Å². The molecule has 0 saturated heterocycles. The van der Waals surface area contributed by atoms with Gasteiger partial charge >= 0.3 is 0 Å². The van der Waals surface area contributed by atoms with Crippen molar-refractivity contribution in [1.29, 1.82) is 5.26 Å². The Balaban J connectivity index is 1.77. The Hall–Kier alpha value is -3.40. The van der Waals surface area contributed by atoms with Crippen molar-refractivity contribution in [2.24, 2.45) is 0 Å². The molecular formula is C17H14FN3O3. The molecule has 0 fully saturated rings. The fourth-order valence-electron chi connectivity index (χ4n) is 1.88. The molecule has 2 aromatic carbocycles. The zero-order chi connectivity index (χ0) is 17.4. The average Bonchev–Trinajstić information content (AvgIpc) is 2.58. The first-order valence-corrected chi connectivity index (χ1v) is 7.02. The molecule has 7 heteroatoms. The zero-order valence-corrected chi connectivity index (χ0v) is 12.6. The Morgan fingerprint density at radius 3 is 2.58 bits per heavy atom. The molecule has 2 amide bonds. The van der Waals surface area contributed by atoms with Crippen LogP contribution < -0.4 is 15.6 Å². The molecule has 6 nitrogen and oxygen atoms in total. The standard InChI is InChI=1S/C17H14FN3O3/c18-14-6-3-4-12(8-14)9-16(22)20-21-17(23)11-24-15-7-2-1-5-13(15)10-19/h1-8H,9,11H2,(H,20,22)(H,21,23). The first kappa shape index (κ1) is 17.0. The lowest BCUT2D eigenvalue weighted by atomic mass is 10.1. The second-order valence-electron chi connectivity index (χ2n) is 4.80. The van der Waals surface area contributed by atoms with E-state index < -0.39 is 17.6 Å². The van der Waals surface area contributed by atoms with Gasteiger partial charge in [0.15, 0.2) is 6.61 Å². The van der Waals surface area contributed by atoms with Gasteiger partial charge in [-0.2, -0.15) is 5.26 Å². The number of nitrogens with zero attached hydrogens (tertiary/aromatic N) is 1. The van der Waals surface area contributed by atoms with E-state index in [1.54, 1.807) is 30.3 Å². The highest BCUT2D eigenvalue weighted by Crippen LogP contribution is 2.16. The summed E-state index contributed by atoms with van der Waals surface area (Å²) in [6.45, 7) is -0.362. The predicted molar refractivity (Wildman–Crippen MR) is 83.0 cm³/mol. The van der Waals surface area contributed by atoms with Crippen LogP contribution in [0.25, 0.3) is 0 Å². The monoisotopic (exact) mass is 327 g/mol. The molecule has 0 saturated carbocycles. The molecule has 0 atom stereocenters. The van der Waals surface area contributed by atoms with Gasteiger partial charge in [0.1, 0.15) is 17.6 Å². The minimum Gasteiger partial charge on any atom is -0.482 e. The van der Waals surface area contributed by atoms with E-state index in [0.717, 1.165) is 0 Å². The summed E-state index contributed by atoms with van der Waals surface area (Å²) in [6.07, 6.45) is -0.0733. The Labute approximate surface area is 137 Å². The van der Waals surface area contributed by atoms with E-state index in [0.29, 0.717) is 11.1 Å². The zero-order valence-electron chi connectivity index (χ0n) is 12.6. The third kappa shape index (κ3) is 5.10. The van der Waals surface area contributed by atoms with Crippen LogP contribution in [0, 0.1) is 17.1 Å². The van der Waals surface area contributed by atoms with Crippen LogP contribution in [0.15, 0.2) is 48.5 Å². The molecule has 0 spiro atoms. The molecule has 2 N–H and O–H groups in total. The summed E-state index contributed by atoms with van der Waals surface area (Å²) in [6, 6.07) is 14.0. The smallest absolute Gasteiger partial charge is 0.276 e. The van der Waals surface area contributed by atoms with Gasteiger partial charge in [0.05, 0.1) is 12.0 Å². The topological polar surface area (TPSA) is 91.2 Å². The van der Waals surface area contributed by atoms with E-state index in [1.165, 1.54) is 18.2 Å². The molecule has 122 valence electrons. The number of rotatable bonds is 5. The number of benzene rings is 2. The predicted octanol–water partition coefficient (Wildman–Crippen LogP) is 1.47. The largest absolute Gasteiger partial charge is 0.482 e. The van der Waals surface area contributed by atoms with Gasteiger partial charge in [-0.25, -0.2) is 4.39 Å². The van der Waals surface area contributed by atoms with Crippen LogP contribution in [0.3, 0.4) is 0 Å². The van der Waals surface area contributed by atoms with Crippen molar-refractivity contribution in [2.45, 2.75) is 6.42 Å². The maximum absolute atomic E-state index is 13.0. The third-order valence-corrected chi connectivity index (χ3v) is 2.96. The number of hydrazine groups is 1. The molecular weight excluding hydrogens is 313 g/mol. The van der Waals surface area contributed by atoms with Crippen LogP contribution in [0.4, 0.5) is 4.39 Å². The number of hydrogen-bond acceptors (Lipinski definition) is 4. The number of carbonyl (C=O) groups excluding carboxylic acids is 2. The maximum atomic E-state index is 13.0. The number of carbonyl (C=O) groups is 2. The van der Waals surface area contributed by atoms with Crippen LogP contribution >= 0.6 is 0 Å². The van der Waals surface area contributed by atoms with E-state index in [9.17, 15) is 14.0 Å². The average molecular weight is 327 g/mol. The van der Waals surface area contributed by atoms with E-state index in [-0.39, 0.29) is 18.8 Å². The summed E-state index contributed by atoms with van der Waals surface area (Å²) in [5.41, 5.74) is 5.19. The van der Waals surface area contributed by atoms with Gasteiger partial charge in [0.2, 0.25) is 5.91 Å². The molecule has 0 aliphatic heterocycles. The van der Waals surface area contributed by atoms with Gasteiger partial charge in [0.25, 0.3) is 5.91 Å². The summed E-state index contributed by atoms with van der Waals surface area (Å²) in [4.78, 5) is 23.3. The van der Waals surface area contributed by atoms with Crippen molar-refractivity contribution in [3.8, 4) is 11.8 Å². The molecule has 0 unspecified atom stereocenters. The molecule has 0 aromatic heterocycles. The molecule has 0 aliphatic rings. The second kappa shape index (κ2) is 8.29. The maximum Gasteiger partial charge on any atom is 0.276 e. The third-order valence-electron chi connectivity index (χ3n) is 2.96. The SMILES string of the molecule is N#Cc1ccccc1OCC(=O)NNC(=O)Cc1cccc(F)c1. The lowest BCUT2D eigenvalue weighted by Crippen LogP contribution is -2.44. The fourth-order valence-corrected chi connectivity index (χ4v) is 1.88. The molecule has 2 aromatic rings. The van der Waals surface area contributed by atoms with E-state index >= 15 is 0 Å². The van der Waals surface area contributed by atoms with Gasteiger partial charge in [-0.1, -0.05) is 24.3 Å². The summed E-state index contributed by atoms with van der Waals surface area (Å²) in [7, 11) is 0. The number of halogens is 1. The summed E-state index contributed by atoms with van der Waals surface area (Å²) in [5.74, 6) is -1.24. The Kier molecular flexibility index (Phi) is 5.86. The van der Waals surface area contributed by atoms with Crippen LogP contribution in [0.2, 0.25) is 0 Å². The van der Waals surface area contributed by atoms with Crippen molar-refractivity contribution in [2.75, 3.05) is 6.61 Å². The Bertz CT molecular complexity index is 787. The van der Waals surface area contributed by atoms with Crippen LogP contribution in [-0.2, 0) is 16.0 Å². The summed E-state index contributed by atoms with van der Waals surface area (Å²) < 4.78 is 18.2. The fraction of sp³-hybridized carbons (Fsp3) is 0.118. The Morgan fingerprint density at radius 2 is 1.83 bits per heavy atom. The van der Waals surface area contributed by atoms with Crippen LogP contribution in [0.1, 0.15) is 11.1 Å². The minimum atomic E-state index is -0.588. The molecule has 2 rings (SSSR count). The van der Waals surface area contributed by atoms with Gasteiger partial charge in [-0.05, 0) is 29.8 Å². The normalized spacial score (nSPS) is 9.67. The van der Waals surface area contributed by atoms with E-state index in [2.05, 4.69) is 10.9 Å². The van der Waals surface area contributed by atoms with Crippen molar-refractivity contribution < 1.29 is 18.7 Å². The Morgan fingerprint density at radius 1 is 1.08 bits per heavy atom. The van der Waals surface area contributed by atoms with E-state index in [1.807, 2.05) is 6.07 Å². The highest BCUT2D eigenvalue weighted by molar-refractivity contribution is 5.83. The quantitative estimate of drug-likeness (QED) is 0.814. The van der Waals surface area contributed by atoms with Gasteiger partial charge in [-0.3, -0.25) is 20.4 Å². The molecule has 24 heavy (non-hydrogen) atoms. The summed E-state index contributed by atoms with van der Waals surface area (Å²) in [5, 5.41) is 8.91. The molecule has 0 aliphatic carbocycles. The molecule has 0 radical (unpaired) electrons. The number of amides is 2. The first-order chi connectivity index (χ1) is 11.6. The second-order valence-corrected chi connectivity index (χ2v) is 4.80. The first-order valence-electron chi connectivity index (χ1n) is 7.02. The minimum absolute atomic E-state index is 0.0733. The van der Waals surface area contributed by atoms with E-state index in [4.69, 9.17) is 10.00 Å². The number of nitrogens with one attached hydrogen (secondary N) is 2.